The van der Waals surface area contributed by atoms with E-state index >= 15 is 0 Å². The van der Waals surface area contributed by atoms with Crippen LogP contribution in [0.4, 0.5) is 0 Å². The van der Waals surface area contributed by atoms with E-state index in [1.165, 1.54) is 20.5 Å². The van der Waals surface area contributed by atoms with Gasteiger partial charge in [-0.15, -0.1) is 0 Å². The number of rotatable bonds is 13. The number of carbonyl (C=O) groups excluding carboxylic acids is 1. The van der Waals surface area contributed by atoms with Crippen molar-refractivity contribution < 1.29 is 38.3 Å². The highest BCUT2D eigenvalue weighted by atomic mass is 35.5. The predicted molar refractivity (Wildman–Crippen MR) is 205 cm³/mol. The number of benzene rings is 3. The molecule has 5 fully saturated rings. The first-order valence-corrected chi connectivity index (χ1v) is 19.5. The second-order valence-corrected chi connectivity index (χ2v) is 16.8. The second-order valence-electron chi connectivity index (χ2n) is 15.2. The van der Waals surface area contributed by atoms with Gasteiger partial charge in [0.05, 0.1) is 44.7 Å². The van der Waals surface area contributed by atoms with Crippen LogP contribution in [0, 0.1) is 34.5 Å². The third-order valence-electron chi connectivity index (χ3n) is 12.6. The molecule has 5 aliphatic rings. The molecule has 0 amide bonds. The number of aliphatic hydroxyl groups is 1. The summed E-state index contributed by atoms with van der Waals surface area (Å²) < 4.78 is 36.9. The molecule has 288 valence electrons. The molecule has 12 atom stereocenters. The number of carbonyl (C=O) groups is 1. The first kappa shape index (κ1) is 40.4. The van der Waals surface area contributed by atoms with Gasteiger partial charge in [0.25, 0.3) is 0 Å². The van der Waals surface area contributed by atoms with Gasteiger partial charge in [-0.2, -0.15) is 0 Å². The van der Waals surface area contributed by atoms with Gasteiger partial charge >= 0.3 is 0 Å². The van der Waals surface area contributed by atoms with Crippen molar-refractivity contribution in [1.82, 2.24) is 0 Å². The molecule has 5 aliphatic carbocycles. The molecule has 1 N–H and O–H groups in total. The number of hydrogen-bond donors (Lipinski definition) is 1. The monoisotopic (exact) mass is 788 g/mol. The van der Waals surface area contributed by atoms with E-state index < -0.39 is 29.4 Å². The van der Waals surface area contributed by atoms with Gasteiger partial charge < -0.3 is 33.5 Å². The van der Waals surface area contributed by atoms with Gasteiger partial charge in [-0.3, -0.25) is 4.79 Å². The molecular formula is C42H51Cl3O8. The van der Waals surface area contributed by atoms with Crippen molar-refractivity contribution in [3.8, 4) is 5.75 Å². The van der Waals surface area contributed by atoms with E-state index in [2.05, 4.69) is 49.2 Å². The molecule has 1 spiro atoms. The Balaban J connectivity index is 0.000000482. The van der Waals surface area contributed by atoms with Crippen molar-refractivity contribution in [2.24, 2.45) is 34.5 Å². The molecule has 8 rings (SSSR count). The number of aliphatic hydroxyl groups excluding tert-OH is 1. The van der Waals surface area contributed by atoms with Crippen molar-refractivity contribution in [2.75, 3.05) is 14.2 Å². The largest absolute Gasteiger partial charge is 0.497 e. The fourth-order valence-corrected chi connectivity index (χ4v) is 10.00. The van der Waals surface area contributed by atoms with E-state index in [-0.39, 0.29) is 28.3 Å². The lowest BCUT2D eigenvalue weighted by Crippen LogP contribution is -2.74. The zero-order valence-corrected chi connectivity index (χ0v) is 33.4. The summed E-state index contributed by atoms with van der Waals surface area (Å²) in [6.45, 7) is 9.33. The zero-order chi connectivity index (χ0) is 38.1. The molecule has 0 heterocycles. The first-order chi connectivity index (χ1) is 25.3. The minimum Gasteiger partial charge on any atom is -0.497 e. The average molecular weight is 790 g/mol. The second kappa shape index (κ2) is 16.5. The van der Waals surface area contributed by atoms with Gasteiger partial charge in [0, 0.05) is 25.4 Å². The summed E-state index contributed by atoms with van der Waals surface area (Å²) in [4.78, 5) is 9.21. The number of fused-ring (bicyclic) bond motifs is 2. The van der Waals surface area contributed by atoms with E-state index in [4.69, 9.17) is 46.9 Å². The summed E-state index contributed by atoms with van der Waals surface area (Å²) in [6.07, 6.45) is -1.55. The van der Waals surface area contributed by atoms with E-state index in [0.717, 1.165) is 34.3 Å². The van der Waals surface area contributed by atoms with Crippen molar-refractivity contribution in [2.45, 2.75) is 95.1 Å². The summed E-state index contributed by atoms with van der Waals surface area (Å²) in [6, 6.07) is 28.2. The molecule has 3 aromatic rings. The number of ether oxygens (including phenoxy) is 6. The summed E-state index contributed by atoms with van der Waals surface area (Å²) in [7, 11) is 3.10. The summed E-state index contributed by atoms with van der Waals surface area (Å²) in [5.74, 6) is 3.09. The number of alkyl halides is 2. The van der Waals surface area contributed by atoms with Gasteiger partial charge in [0.15, 0.2) is 0 Å². The molecular weight excluding hydrogens is 739 g/mol. The standard InChI is InChI=1S/C38H44O6.C2H4Cl2O.C2H3ClO/c1-23-31(44-37(3)35-29-28-19-36(37,2)38(28,29)35)30(39)33(42-21-25-13-9-6-10-14-25)34(32(23)41-20-24-11-7-5-8-12-24)43-22-26-15-17-27(40-4)18-16-26;1-5-2(3)4;1-2(3)4/h5-18,23,28-35,39H,19-22H2,1-4H3;2H,1H3;1H3. The minimum atomic E-state index is -0.867. The van der Waals surface area contributed by atoms with Gasteiger partial charge in [-0.05, 0) is 76.9 Å². The van der Waals surface area contributed by atoms with E-state index in [0.29, 0.717) is 31.2 Å². The maximum Gasteiger partial charge on any atom is 0.218 e. The normalized spacial score (nSPS) is 36.5. The van der Waals surface area contributed by atoms with E-state index in [1.54, 1.807) is 7.11 Å². The maximum absolute atomic E-state index is 12.2. The Morgan fingerprint density at radius 1 is 0.792 bits per heavy atom. The van der Waals surface area contributed by atoms with Crippen molar-refractivity contribution in [3.05, 3.63) is 102 Å². The zero-order valence-electron chi connectivity index (χ0n) is 31.1. The van der Waals surface area contributed by atoms with Crippen LogP contribution < -0.4 is 4.74 Å². The highest BCUT2D eigenvalue weighted by Crippen LogP contribution is 3.11. The van der Waals surface area contributed by atoms with Gasteiger partial charge in [-0.25, -0.2) is 0 Å². The number of hydrogen-bond acceptors (Lipinski definition) is 8. The van der Waals surface area contributed by atoms with Crippen LogP contribution in [-0.4, -0.2) is 65.7 Å². The Labute approximate surface area is 328 Å². The Morgan fingerprint density at radius 2 is 1.26 bits per heavy atom. The maximum atomic E-state index is 12.2. The molecule has 8 nitrogen and oxygen atoms in total. The van der Waals surface area contributed by atoms with Crippen LogP contribution in [0.3, 0.4) is 0 Å². The van der Waals surface area contributed by atoms with Crippen LogP contribution in [0.5, 0.6) is 5.75 Å². The third kappa shape index (κ3) is 7.53. The summed E-state index contributed by atoms with van der Waals surface area (Å²) >= 11 is 14.6. The molecule has 53 heavy (non-hydrogen) atoms. The molecule has 11 heteroatoms. The van der Waals surface area contributed by atoms with Crippen LogP contribution >= 0.6 is 34.8 Å². The van der Waals surface area contributed by atoms with Crippen LogP contribution in [0.25, 0.3) is 0 Å². The lowest BCUT2D eigenvalue weighted by molar-refractivity contribution is -0.343. The van der Waals surface area contributed by atoms with Crippen LogP contribution in [-0.2, 0) is 48.3 Å². The molecule has 0 radical (unpaired) electrons. The van der Waals surface area contributed by atoms with E-state index in [9.17, 15) is 9.90 Å². The molecule has 5 saturated carbocycles. The lowest BCUT2D eigenvalue weighted by atomic mass is 9.39. The quantitative estimate of drug-likeness (QED) is 0.137. The smallest absolute Gasteiger partial charge is 0.218 e. The van der Waals surface area contributed by atoms with Crippen LogP contribution in [0.2, 0.25) is 0 Å². The molecule has 0 aliphatic heterocycles. The minimum absolute atomic E-state index is 0.117. The van der Waals surface area contributed by atoms with Crippen LogP contribution in [0.15, 0.2) is 84.9 Å². The Morgan fingerprint density at radius 3 is 1.68 bits per heavy atom. The Kier molecular flexibility index (Phi) is 12.6. The molecule has 0 saturated heterocycles. The number of methoxy groups -OCH3 is 2. The third-order valence-corrected chi connectivity index (χ3v) is 13.0. The highest BCUT2D eigenvalue weighted by Gasteiger charge is 3.10. The average Bonchev–Trinajstić information content (AvgIpc) is 4.03. The van der Waals surface area contributed by atoms with Crippen molar-refractivity contribution in [1.29, 1.82) is 0 Å². The highest BCUT2D eigenvalue weighted by molar-refractivity contribution is 6.62. The van der Waals surface area contributed by atoms with Gasteiger partial charge in [0.1, 0.15) is 24.1 Å². The number of halogens is 3. The topological polar surface area (TPSA) is 92.7 Å². The predicted octanol–water partition coefficient (Wildman–Crippen LogP) is 8.36. The Hall–Kier alpha value is -2.24. The first-order valence-electron chi connectivity index (χ1n) is 18.2. The SMILES string of the molecule is CC(=O)Cl.COC(Cl)Cl.COc1ccc(COC2C(OCc3ccccc3)C(C)C(OC3(C)C4C5C6CC3(C)C654)C(O)C2OCc2ccccc2)cc1. The van der Waals surface area contributed by atoms with Crippen LogP contribution in [0.1, 0.15) is 50.8 Å². The van der Waals surface area contributed by atoms with Gasteiger partial charge in [0.2, 0.25) is 10.3 Å². The van der Waals surface area contributed by atoms with Crippen molar-refractivity contribution >= 4 is 40.0 Å². The fourth-order valence-electron chi connectivity index (χ4n) is 10.00. The molecule has 0 aromatic heterocycles. The molecule has 12 unspecified atom stereocenters. The molecule has 3 aromatic carbocycles. The fraction of sp³-hybridized carbons (Fsp3) is 0.548. The van der Waals surface area contributed by atoms with Gasteiger partial charge in [-0.1, -0.05) is 110 Å². The van der Waals surface area contributed by atoms with E-state index in [1.807, 2.05) is 72.8 Å². The van der Waals surface area contributed by atoms with Crippen molar-refractivity contribution in [3.63, 3.8) is 0 Å². The summed E-state index contributed by atoms with van der Waals surface area (Å²) in [5, 5.41) is 11.1. The summed E-state index contributed by atoms with van der Waals surface area (Å²) in [5.41, 5.74) is 3.70. The Bertz CT molecular complexity index is 1600. The lowest BCUT2D eigenvalue weighted by Gasteiger charge is -2.70. The molecule has 0 bridgehead atoms.